The van der Waals surface area contributed by atoms with Gasteiger partial charge in [-0.05, 0) is 36.8 Å². The number of hydrogen-bond donors (Lipinski definition) is 0. The lowest BCUT2D eigenvalue weighted by Crippen LogP contribution is -2.02. The zero-order chi connectivity index (χ0) is 13.8. The monoisotopic (exact) mass is 322 g/mol. The molecule has 2 aromatic rings. The lowest BCUT2D eigenvalue weighted by molar-refractivity contribution is 0.101. The molecule has 2 rings (SSSR count). The molecule has 0 saturated heterocycles. The third kappa shape index (κ3) is 3.64. The van der Waals surface area contributed by atoms with Crippen LogP contribution in [0.3, 0.4) is 0 Å². The molecule has 0 N–H and O–H groups in total. The van der Waals surface area contributed by atoms with Gasteiger partial charge in [-0.25, -0.2) is 4.39 Å². The standard InChI is InChI=1S/C15H12BrFO2/c1-10(18)14-6-5-13(17)8-15(14)19-9-11-3-2-4-12(16)7-11/h2-8H,9H2,1H3. The summed E-state index contributed by atoms with van der Waals surface area (Å²) in [6.07, 6.45) is 0. The van der Waals surface area contributed by atoms with Gasteiger partial charge in [-0.2, -0.15) is 0 Å². The van der Waals surface area contributed by atoms with Crippen molar-refractivity contribution in [3.63, 3.8) is 0 Å². The van der Waals surface area contributed by atoms with E-state index in [9.17, 15) is 9.18 Å². The maximum atomic E-state index is 13.2. The van der Waals surface area contributed by atoms with E-state index in [1.54, 1.807) is 0 Å². The molecule has 0 saturated carbocycles. The van der Waals surface area contributed by atoms with Crippen molar-refractivity contribution >= 4 is 21.7 Å². The van der Waals surface area contributed by atoms with Crippen LogP contribution in [-0.4, -0.2) is 5.78 Å². The first-order valence-corrected chi connectivity index (χ1v) is 6.53. The van der Waals surface area contributed by atoms with Crippen molar-refractivity contribution in [3.8, 4) is 5.75 Å². The fourth-order valence-electron chi connectivity index (χ4n) is 1.69. The molecule has 0 aromatic heterocycles. The summed E-state index contributed by atoms with van der Waals surface area (Å²) in [5.41, 5.74) is 1.32. The van der Waals surface area contributed by atoms with E-state index in [-0.39, 0.29) is 18.1 Å². The number of halogens is 2. The summed E-state index contributed by atoms with van der Waals surface area (Å²) in [4.78, 5) is 11.4. The van der Waals surface area contributed by atoms with Gasteiger partial charge in [0.05, 0.1) is 5.56 Å². The molecule has 2 nitrogen and oxygen atoms in total. The van der Waals surface area contributed by atoms with Gasteiger partial charge in [-0.15, -0.1) is 0 Å². The Bertz CT molecular complexity index is 611. The van der Waals surface area contributed by atoms with Gasteiger partial charge in [0.15, 0.2) is 5.78 Å². The van der Waals surface area contributed by atoms with Crippen molar-refractivity contribution in [1.29, 1.82) is 0 Å². The molecule has 2 aromatic carbocycles. The van der Waals surface area contributed by atoms with Crippen LogP contribution in [-0.2, 0) is 6.61 Å². The summed E-state index contributed by atoms with van der Waals surface area (Å²) in [7, 11) is 0. The molecule has 0 aliphatic rings. The largest absolute Gasteiger partial charge is 0.488 e. The normalized spacial score (nSPS) is 10.3. The van der Waals surface area contributed by atoms with Crippen molar-refractivity contribution in [2.75, 3.05) is 0 Å². The van der Waals surface area contributed by atoms with E-state index >= 15 is 0 Å². The second kappa shape index (κ2) is 5.97. The molecule has 98 valence electrons. The summed E-state index contributed by atoms with van der Waals surface area (Å²) in [6.45, 7) is 1.71. The molecule has 0 radical (unpaired) electrons. The highest BCUT2D eigenvalue weighted by Gasteiger charge is 2.10. The van der Waals surface area contributed by atoms with E-state index in [0.717, 1.165) is 10.0 Å². The Hall–Kier alpha value is -1.68. The minimum atomic E-state index is -0.422. The van der Waals surface area contributed by atoms with Crippen molar-refractivity contribution in [1.82, 2.24) is 0 Å². The second-order valence-electron chi connectivity index (χ2n) is 4.12. The number of ketones is 1. The number of Topliss-reactive ketones (excluding diaryl/α,β-unsaturated/α-hetero) is 1. The van der Waals surface area contributed by atoms with E-state index in [2.05, 4.69) is 15.9 Å². The SMILES string of the molecule is CC(=O)c1ccc(F)cc1OCc1cccc(Br)c1. The average Bonchev–Trinajstić information content (AvgIpc) is 2.36. The minimum Gasteiger partial charge on any atom is -0.488 e. The van der Waals surface area contributed by atoms with Gasteiger partial charge < -0.3 is 4.74 Å². The van der Waals surface area contributed by atoms with Crippen LogP contribution in [0, 0.1) is 5.82 Å². The molecule has 0 aliphatic heterocycles. The van der Waals surface area contributed by atoms with E-state index < -0.39 is 5.82 Å². The van der Waals surface area contributed by atoms with Gasteiger partial charge >= 0.3 is 0 Å². The molecule has 19 heavy (non-hydrogen) atoms. The summed E-state index contributed by atoms with van der Waals surface area (Å²) in [6, 6.07) is 11.5. The van der Waals surface area contributed by atoms with E-state index in [1.165, 1.54) is 25.1 Å². The fraction of sp³-hybridized carbons (Fsp3) is 0.133. The number of carbonyl (C=O) groups excluding carboxylic acids is 1. The summed E-state index contributed by atoms with van der Waals surface area (Å²) in [5, 5.41) is 0. The highest BCUT2D eigenvalue weighted by molar-refractivity contribution is 9.10. The van der Waals surface area contributed by atoms with Gasteiger partial charge in [0.2, 0.25) is 0 Å². The predicted octanol–water partition coefficient (Wildman–Crippen LogP) is 4.37. The minimum absolute atomic E-state index is 0.149. The number of benzene rings is 2. The van der Waals surface area contributed by atoms with Crippen LogP contribution in [0.2, 0.25) is 0 Å². The Labute approximate surface area is 119 Å². The first-order chi connectivity index (χ1) is 9.06. The van der Waals surface area contributed by atoms with Crippen LogP contribution in [0.1, 0.15) is 22.8 Å². The van der Waals surface area contributed by atoms with Crippen molar-refractivity contribution < 1.29 is 13.9 Å². The molecule has 0 heterocycles. The smallest absolute Gasteiger partial charge is 0.163 e. The Morgan fingerprint density at radius 2 is 2.05 bits per heavy atom. The number of ether oxygens (including phenoxy) is 1. The quantitative estimate of drug-likeness (QED) is 0.781. The number of carbonyl (C=O) groups is 1. The van der Waals surface area contributed by atoms with Gasteiger partial charge in [0.1, 0.15) is 18.2 Å². The van der Waals surface area contributed by atoms with Crippen LogP contribution < -0.4 is 4.74 Å². The topological polar surface area (TPSA) is 26.3 Å². The Morgan fingerprint density at radius 1 is 1.26 bits per heavy atom. The average molecular weight is 323 g/mol. The van der Waals surface area contributed by atoms with Gasteiger partial charge in [0.25, 0.3) is 0 Å². The molecule has 0 aliphatic carbocycles. The van der Waals surface area contributed by atoms with Gasteiger partial charge in [-0.3, -0.25) is 4.79 Å². The maximum absolute atomic E-state index is 13.2. The second-order valence-corrected chi connectivity index (χ2v) is 5.03. The molecular weight excluding hydrogens is 311 g/mol. The van der Waals surface area contributed by atoms with Crippen molar-refractivity contribution in [3.05, 3.63) is 63.9 Å². The lowest BCUT2D eigenvalue weighted by Gasteiger charge is -2.10. The summed E-state index contributed by atoms with van der Waals surface area (Å²) >= 11 is 3.37. The van der Waals surface area contributed by atoms with Crippen LogP contribution in [0.5, 0.6) is 5.75 Å². The summed E-state index contributed by atoms with van der Waals surface area (Å²) in [5.74, 6) is -0.300. The third-order valence-corrected chi connectivity index (χ3v) is 3.10. The Morgan fingerprint density at radius 3 is 2.74 bits per heavy atom. The first kappa shape index (κ1) is 13.7. The Kier molecular flexibility index (Phi) is 4.32. The lowest BCUT2D eigenvalue weighted by atomic mass is 10.1. The molecule has 0 atom stereocenters. The van der Waals surface area contributed by atoms with Crippen LogP contribution >= 0.6 is 15.9 Å². The van der Waals surface area contributed by atoms with Gasteiger partial charge in [-0.1, -0.05) is 28.1 Å². The Balaban J connectivity index is 2.19. The van der Waals surface area contributed by atoms with Crippen LogP contribution in [0.15, 0.2) is 46.9 Å². The summed E-state index contributed by atoms with van der Waals surface area (Å²) < 4.78 is 19.7. The number of hydrogen-bond acceptors (Lipinski definition) is 2. The highest BCUT2D eigenvalue weighted by Crippen LogP contribution is 2.22. The number of rotatable bonds is 4. The van der Waals surface area contributed by atoms with Crippen molar-refractivity contribution in [2.45, 2.75) is 13.5 Å². The fourth-order valence-corrected chi connectivity index (χ4v) is 2.14. The first-order valence-electron chi connectivity index (χ1n) is 5.74. The molecule has 0 unspecified atom stereocenters. The molecule has 0 bridgehead atoms. The zero-order valence-electron chi connectivity index (χ0n) is 10.3. The molecule has 0 amide bonds. The molecule has 4 heteroatoms. The maximum Gasteiger partial charge on any atom is 0.163 e. The predicted molar refractivity (Wildman–Crippen MR) is 74.9 cm³/mol. The zero-order valence-corrected chi connectivity index (χ0v) is 11.9. The third-order valence-electron chi connectivity index (χ3n) is 2.61. The highest BCUT2D eigenvalue weighted by atomic mass is 79.9. The molecular formula is C15H12BrFO2. The van der Waals surface area contributed by atoms with E-state index in [4.69, 9.17) is 4.74 Å². The van der Waals surface area contributed by atoms with Crippen LogP contribution in [0.25, 0.3) is 0 Å². The van der Waals surface area contributed by atoms with E-state index in [1.807, 2.05) is 24.3 Å². The molecule has 0 spiro atoms. The van der Waals surface area contributed by atoms with Crippen molar-refractivity contribution in [2.24, 2.45) is 0 Å². The molecule has 0 fully saturated rings. The van der Waals surface area contributed by atoms with Crippen LogP contribution in [0.4, 0.5) is 4.39 Å². The van der Waals surface area contributed by atoms with Gasteiger partial charge in [0, 0.05) is 10.5 Å². The van der Waals surface area contributed by atoms with E-state index in [0.29, 0.717) is 5.56 Å².